The quantitative estimate of drug-likeness (QED) is 0.255. The number of hydrogen-bond acceptors (Lipinski definition) is 1. The SMILES string of the molecule is CCNN=[N+]=[N-].Cl. The number of azide groups is 1. The summed E-state index contributed by atoms with van der Waals surface area (Å²) in [5.74, 6) is 0. The average molecular weight is 123 g/mol. The minimum Gasteiger partial charge on any atom is -0.261 e. The highest BCUT2D eigenvalue weighted by atomic mass is 35.5. The minimum absolute atomic E-state index is 0. The molecule has 0 amide bonds. The van der Waals surface area contributed by atoms with Gasteiger partial charge < -0.3 is 0 Å². The molecular formula is C2H7ClN4. The first-order valence-corrected chi connectivity index (χ1v) is 1.68. The molecule has 0 aliphatic heterocycles. The van der Waals surface area contributed by atoms with Crippen LogP contribution in [0, 0.1) is 0 Å². The van der Waals surface area contributed by atoms with Crippen LogP contribution < -0.4 is 5.43 Å². The zero-order chi connectivity index (χ0) is 4.83. The van der Waals surface area contributed by atoms with Crippen molar-refractivity contribution >= 4 is 12.4 Å². The van der Waals surface area contributed by atoms with E-state index in [2.05, 4.69) is 15.6 Å². The lowest BCUT2D eigenvalue weighted by Crippen LogP contribution is -1.99. The van der Waals surface area contributed by atoms with Crippen molar-refractivity contribution < 1.29 is 0 Å². The van der Waals surface area contributed by atoms with Crippen molar-refractivity contribution in [1.29, 1.82) is 0 Å². The topological polar surface area (TPSA) is 60.8 Å². The summed E-state index contributed by atoms with van der Waals surface area (Å²) in [4.78, 5) is 2.44. The number of nitrogens with zero attached hydrogens (tertiary/aromatic N) is 3. The van der Waals surface area contributed by atoms with E-state index in [1.54, 1.807) is 0 Å². The number of halogens is 1. The summed E-state index contributed by atoms with van der Waals surface area (Å²) in [6.07, 6.45) is 0. The second-order valence-corrected chi connectivity index (χ2v) is 0.701. The van der Waals surface area contributed by atoms with E-state index in [0.29, 0.717) is 6.54 Å². The summed E-state index contributed by atoms with van der Waals surface area (Å²) in [6.45, 7) is 2.54. The van der Waals surface area contributed by atoms with Gasteiger partial charge in [-0.1, -0.05) is 0 Å². The third kappa shape index (κ3) is 10.8. The number of rotatable bonds is 2. The van der Waals surface area contributed by atoms with Gasteiger partial charge >= 0.3 is 0 Å². The van der Waals surface area contributed by atoms with Crippen LogP contribution in [0.4, 0.5) is 0 Å². The van der Waals surface area contributed by atoms with E-state index in [1.165, 1.54) is 0 Å². The molecule has 0 aromatic rings. The summed E-state index contributed by atoms with van der Waals surface area (Å²) in [7, 11) is 0. The summed E-state index contributed by atoms with van der Waals surface area (Å²) < 4.78 is 0. The van der Waals surface area contributed by atoms with Crippen molar-refractivity contribution in [3.8, 4) is 0 Å². The van der Waals surface area contributed by atoms with Crippen LogP contribution in [0.5, 0.6) is 0 Å². The molecule has 0 spiro atoms. The number of nitrogens with one attached hydrogen (secondary N) is 1. The molecule has 0 atom stereocenters. The van der Waals surface area contributed by atoms with Crippen molar-refractivity contribution in [2.75, 3.05) is 6.54 Å². The first kappa shape index (κ1) is 9.64. The smallest absolute Gasteiger partial charge is 0.0831 e. The fourth-order valence-electron chi connectivity index (χ4n) is 0.102. The summed E-state index contributed by atoms with van der Waals surface area (Å²) in [5.41, 5.74) is 10.00. The largest absolute Gasteiger partial charge is 0.261 e. The van der Waals surface area contributed by atoms with Gasteiger partial charge in [-0.15, -0.1) is 17.9 Å². The van der Waals surface area contributed by atoms with Crippen LogP contribution in [0.2, 0.25) is 0 Å². The molecule has 0 rings (SSSR count). The maximum absolute atomic E-state index is 7.59. The lowest BCUT2D eigenvalue weighted by atomic mass is 10.8. The highest BCUT2D eigenvalue weighted by Crippen LogP contribution is 1.55. The Morgan fingerprint density at radius 1 is 1.86 bits per heavy atom. The van der Waals surface area contributed by atoms with E-state index in [-0.39, 0.29) is 12.4 Å². The molecule has 7 heavy (non-hydrogen) atoms. The van der Waals surface area contributed by atoms with Crippen molar-refractivity contribution in [1.82, 2.24) is 5.43 Å². The molecule has 42 valence electrons. The van der Waals surface area contributed by atoms with Gasteiger partial charge in [0, 0.05) is 0 Å². The molecule has 1 N–H and O–H groups in total. The number of hydrogen-bond donors (Lipinski definition) is 1. The maximum atomic E-state index is 7.59. The van der Waals surface area contributed by atoms with E-state index in [1.807, 2.05) is 6.92 Å². The Balaban J connectivity index is 0. The fourth-order valence-corrected chi connectivity index (χ4v) is 0.102. The second-order valence-electron chi connectivity index (χ2n) is 0.701. The van der Waals surface area contributed by atoms with Crippen LogP contribution in [-0.4, -0.2) is 6.54 Å². The van der Waals surface area contributed by atoms with Crippen molar-refractivity contribution in [2.24, 2.45) is 5.22 Å². The van der Waals surface area contributed by atoms with Gasteiger partial charge in [0.15, 0.2) is 0 Å². The Kier molecular flexibility index (Phi) is 12.5. The Morgan fingerprint density at radius 3 is 2.57 bits per heavy atom. The molecule has 0 fully saturated rings. The zero-order valence-corrected chi connectivity index (χ0v) is 4.77. The molecule has 0 aliphatic rings. The predicted octanol–water partition coefficient (Wildman–Crippen LogP) is 1.24. The van der Waals surface area contributed by atoms with E-state index < -0.39 is 0 Å². The molecule has 0 aromatic carbocycles. The summed E-state index contributed by atoms with van der Waals surface area (Å²) >= 11 is 0. The first-order valence-electron chi connectivity index (χ1n) is 1.68. The molecule has 0 saturated carbocycles. The van der Waals surface area contributed by atoms with Crippen molar-refractivity contribution in [3.05, 3.63) is 10.4 Å². The monoisotopic (exact) mass is 122 g/mol. The highest BCUT2D eigenvalue weighted by Gasteiger charge is 1.61. The zero-order valence-electron chi connectivity index (χ0n) is 3.96. The van der Waals surface area contributed by atoms with Gasteiger partial charge in [-0.25, -0.2) is 0 Å². The molecule has 0 aromatic heterocycles. The third-order valence-corrected chi connectivity index (χ3v) is 0.274. The molecule has 0 bridgehead atoms. The average Bonchev–Trinajstić information content (AvgIpc) is 1.61. The Bertz CT molecular complexity index is 66.1. The van der Waals surface area contributed by atoms with Crippen molar-refractivity contribution in [3.63, 3.8) is 0 Å². The lowest BCUT2D eigenvalue weighted by Gasteiger charge is -1.77. The standard InChI is InChI=1S/C2H6N4.ClH/c1-2-4-6-5-3;/h4H,2H2,1H3;1H. The van der Waals surface area contributed by atoms with E-state index in [4.69, 9.17) is 5.53 Å². The van der Waals surface area contributed by atoms with Gasteiger partial charge in [0.05, 0.1) is 6.54 Å². The van der Waals surface area contributed by atoms with Crippen LogP contribution >= 0.6 is 12.4 Å². The molecule has 0 unspecified atom stereocenters. The van der Waals surface area contributed by atoms with E-state index in [9.17, 15) is 0 Å². The van der Waals surface area contributed by atoms with Crippen LogP contribution in [0.3, 0.4) is 0 Å². The predicted molar refractivity (Wildman–Crippen MR) is 30.1 cm³/mol. The molecular weight excluding hydrogens is 116 g/mol. The molecule has 5 heteroatoms. The van der Waals surface area contributed by atoms with Gasteiger partial charge in [0.2, 0.25) is 0 Å². The van der Waals surface area contributed by atoms with Gasteiger partial charge in [0.25, 0.3) is 0 Å². The van der Waals surface area contributed by atoms with Crippen LogP contribution in [0.15, 0.2) is 5.22 Å². The lowest BCUT2D eigenvalue weighted by molar-refractivity contribution is 0.771. The molecule has 0 saturated heterocycles. The summed E-state index contributed by atoms with van der Waals surface area (Å²) in [6, 6.07) is 0. The van der Waals surface area contributed by atoms with Gasteiger partial charge in [-0.3, -0.25) is 5.43 Å². The van der Waals surface area contributed by atoms with Gasteiger partial charge in [-0.05, 0) is 12.1 Å². The molecule has 4 nitrogen and oxygen atoms in total. The van der Waals surface area contributed by atoms with Crippen LogP contribution in [-0.2, 0) is 0 Å². The van der Waals surface area contributed by atoms with Gasteiger partial charge in [-0.2, -0.15) is 4.91 Å². The molecule has 0 radical (unpaired) electrons. The minimum atomic E-state index is 0. The van der Waals surface area contributed by atoms with Crippen molar-refractivity contribution in [2.45, 2.75) is 6.92 Å². The summed E-state index contributed by atoms with van der Waals surface area (Å²) in [5, 5.41) is 3.02. The van der Waals surface area contributed by atoms with E-state index in [0.717, 1.165) is 0 Å². The molecule has 0 aliphatic carbocycles. The molecule has 0 heterocycles. The third-order valence-electron chi connectivity index (χ3n) is 0.274. The van der Waals surface area contributed by atoms with Crippen LogP contribution in [0.25, 0.3) is 10.4 Å². The van der Waals surface area contributed by atoms with E-state index >= 15 is 0 Å². The Labute approximate surface area is 47.9 Å². The fraction of sp³-hybridized carbons (Fsp3) is 1.00. The maximum Gasteiger partial charge on any atom is 0.0831 e. The Morgan fingerprint density at radius 2 is 2.43 bits per heavy atom. The second kappa shape index (κ2) is 9.04. The first-order chi connectivity index (χ1) is 2.91. The normalized spacial score (nSPS) is 5.29. The van der Waals surface area contributed by atoms with Gasteiger partial charge in [0.1, 0.15) is 0 Å². The van der Waals surface area contributed by atoms with Crippen LogP contribution in [0.1, 0.15) is 6.92 Å². The highest BCUT2D eigenvalue weighted by molar-refractivity contribution is 5.85. The Hall–Kier alpha value is -0.600.